The van der Waals surface area contributed by atoms with Crippen molar-refractivity contribution in [2.75, 3.05) is 0 Å². The maximum absolute atomic E-state index is 14.0. The van der Waals surface area contributed by atoms with E-state index in [1.807, 2.05) is 12.1 Å². The Morgan fingerprint density at radius 3 is 1.97 bits per heavy atom. The summed E-state index contributed by atoms with van der Waals surface area (Å²) in [7, 11) is 0. The second kappa shape index (κ2) is 11.3. The molecule has 0 N–H and O–H groups in total. The fraction of sp³-hybridized carbons (Fsp3) is 0.500. The SMILES string of the molecule is CCCC=C(F)c1ccc(CCc2ccc(C3CCC(CCC)CC3)cc2)cc1. The first kappa shape index (κ1) is 21.8. The number of hydrogen-bond donors (Lipinski definition) is 0. The number of hydrogen-bond acceptors (Lipinski definition) is 0. The minimum Gasteiger partial charge on any atom is -0.207 e. The van der Waals surface area contributed by atoms with Crippen LogP contribution in [0.5, 0.6) is 0 Å². The summed E-state index contributed by atoms with van der Waals surface area (Å²) in [6, 6.07) is 17.3. The lowest BCUT2D eigenvalue weighted by Gasteiger charge is -2.28. The van der Waals surface area contributed by atoms with Crippen LogP contribution in [0, 0.1) is 5.92 Å². The molecule has 0 aromatic heterocycles. The first-order valence-corrected chi connectivity index (χ1v) is 11.7. The van der Waals surface area contributed by atoms with Gasteiger partial charge >= 0.3 is 0 Å². The number of halogens is 1. The molecule has 0 spiro atoms. The molecule has 156 valence electrons. The van der Waals surface area contributed by atoms with Gasteiger partial charge in [0.15, 0.2) is 0 Å². The summed E-state index contributed by atoms with van der Waals surface area (Å²) >= 11 is 0. The molecule has 3 rings (SSSR count). The van der Waals surface area contributed by atoms with Gasteiger partial charge in [-0.15, -0.1) is 0 Å². The fourth-order valence-electron chi connectivity index (χ4n) is 4.66. The highest BCUT2D eigenvalue weighted by molar-refractivity contribution is 5.59. The van der Waals surface area contributed by atoms with Crippen molar-refractivity contribution in [1.82, 2.24) is 0 Å². The predicted molar refractivity (Wildman–Crippen MR) is 124 cm³/mol. The van der Waals surface area contributed by atoms with E-state index in [2.05, 4.69) is 50.2 Å². The summed E-state index contributed by atoms with van der Waals surface area (Å²) in [6.07, 6.45) is 13.8. The third-order valence-electron chi connectivity index (χ3n) is 6.54. The quantitative estimate of drug-likeness (QED) is 0.400. The zero-order valence-corrected chi connectivity index (χ0v) is 18.3. The van der Waals surface area contributed by atoms with E-state index in [1.165, 1.54) is 55.2 Å². The van der Waals surface area contributed by atoms with Crippen LogP contribution in [0.4, 0.5) is 4.39 Å². The zero-order valence-electron chi connectivity index (χ0n) is 18.3. The maximum Gasteiger partial charge on any atom is 0.126 e. The fourth-order valence-corrected chi connectivity index (χ4v) is 4.66. The second-order valence-electron chi connectivity index (χ2n) is 8.79. The number of rotatable bonds is 9. The first-order chi connectivity index (χ1) is 14.2. The summed E-state index contributed by atoms with van der Waals surface area (Å²) in [4.78, 5) is 0. The molecule has 0 nitrogen and oxygen atoms in total. The molecule has 29 heavy (non-hydrogen) atoms. The van der Waals surface area contributed by atoms with Gasteiger partial charge in [-0.2, -0.15) is 0 Å². The summed E-state index contributed by atoms with van der Waals surface area (Å²) in [5, 5.41) is 0. The molecule has 2 aromatic carbocycles. The van der Waals surface area contributed by atoms with Crippen molar-refractivity contribution in [3.8, 4) is 0 Å². The van der Waals surface area contributed by atoms with Crippen molar-refractivity contribution < 1.29 is 4.39 Å². The van der Waals surface area contributed by atoms with Crippen LogP contribution in [0.15, 0.2) is 54.6 Å². The molecular weight excluding hydrogens is 355 g/mol. The molecule has 0 bridgehead atoms. The van der Waals surface area contributed by atoms with E-state index in [4.69, 9.17) is 0 Å². The van der Waals surface area contributed by atoms with Crippen LogP contribution in [-0.4, -0.2) is 0 Å². The molecule has 0 unspecified atom stereocenters. The molecule has 1 heteroatoms. The van der Waals surface area contributed by atoms with Gasteiger partial charge in [-0.3, -0.25) is 0 Å². The van der Waals surface area contributed by atoms with Crippen LogP contribution in [0.25, 0.3) is 5.83 Å². The summed E-state index contributed by atoms with van der Waals surface area (Å²) in [5.41, 5.74) is 4.89. The number of benzene rings is 2. The molecule has 2 aromatic rings. The van der Waals surface area contributed by atoms with Gasteiger partial charge in [0, 0.05) is 5.56 Å². The van der Waals surface area contributed by atoms with Crippen LogP contribution in [0.3, 0.4) is 0 Å². The Hall–Kier alpha value is -1.89. The summed E-state index contributed by atoms with van der Waals surface area (Å²) in [6.45, 7) is 4.37. The Morgan fingerprint density at radius 2 is 1.41 bits per heavy atom. The van der Waals surface area contributed by atoms with Gasteiger partial charge in [0.25, 0.3) is 0 Å². The van der Waals surface area contributed by atoms with Crippen LogP contribution < -0.4 is 0 Å². The van der Waals surface area contributed by atoms with Gasteiger partial charge in [-0.1, -0.05) is 81.6 Å². The van der Waals surface area contributed by atoms with Crippen molar-refractivity contribution in [1.29, 1.82) is 0 Å². The van der Waals surface area contributed by atoms with Crippen LogP contribution >= 0.6 is 0 Å². The topological polar surface area (TPSA) is 0 Å². The summed E-state index contributed by atoms with van der Waals surface area (Å²) in [5.74, 6) is 1.63. The second-order valence-corrected chi connectivity index (χ2v) is 8.79. The van der Waals surface area contributed by atoms with Crippen molar-refractivity contribution in [3.63, 3.8) is 0 Å². The lowest BCUT2D eigenvalue weighted by Crippen LogP contribution is -2.13. The van der Waals surface area contributed by atoms with Crippen LogP contribution in [0.2, 0.25) is 0 Å². The minimum absolute atomic E-state index is 0.0993. The van der Waals surface area contributed by atoms with Crippen molar-refractivity contribution >= 4 is 5.83 Å². The average molecular weight is 393 g/mol. The molecule has 1 aliphatic rings. The van der Waals surface area contributed by atoms with Crippen molar-refractivity contribution in [3.05, 3.63) is 76.9 Å². The van der Waals surface area contributed by atoms with Gasteiger partial charge in [-0.25, -0.2) is 4.39 Å². The summed E-state index contributed by atoms with van der Waals surface area (Å²) < 4.78 is 14.0. The molecular formula is C28H37F. The highest BCUT2D eigenvalue weighted by atomic mass is 19.1. The third kappa shape index (κ3) is 6.56. The van der Waals surface area contributed by atoms with E-state index in [0.29, 0.717) is 5.56 Å². The van der Waals surface area contributed by atoms with Gasteiger partial charge in [0.1, 0.15) is 5.83 Å². The molecule has 0 saturated heterocycles. The van der Waals surface area contributed by atoms with Gasteiger partial charge in [0.2, 0.25) is 0 Å². The van der Waals surface area contributed by atoms with E-state index in [9.17, 15) is 4.39 Å². The number of allylic oxidation sites excluding steroid dienone is 1. The Bertz CT molecular complexity index is 746. The Morgan fingerprint density at radius 1 is 0.828 bits per heavy atom. The molecule has 1 aliphatic carbocycles. The van der Waals surface area contributed by atoms with Gasteiger partial charge in [0.05, 0.1) is 0 Å². The van der Waals surface area contributed by atoms with E-state index in [0.717, 1.165) is 37.5 Å². The van der Waals surface area contributed by atoms with Crippen molar-refractivity contribution in [2.45, 2.75) is 84.0 Å². The molecule has 0 radical (unpaired) electrons. The highest BCUT2D eigenvalue weighted by Gasteiger charge is 2.21. The first-order valence-electron chi connectivity index (χ1n) is 11.7. The minimum atomic E-state index is -0.0993. The molecule has 1 fully saturated rings. The van der Waals surface area contributed by atoms with Crippen LogP contribution in [0.1, 0.15) is 93.4 Å². The predicted octanol–water partition coefficient (Wildman–Crippen LogP) is 8.66. The average Bonchev–Trinajstić information content (AvgIpc) is 2.77. The normalized spacial score (nSPS) is 20.0. The van der Waals surface area contributed by atoms with Gasteiger partial charge < -0.3 is 0 Å². The van der Waals surface area contributed by atoms with Crippen molar-refractivity contribution in [2.24, 2.45) is 5.92 Å². The monoisotopic (exact) mass is 392 g/mol. The molecule has 0 aliphatic heterocycles. The highest BCUT2D eigenvalue weighted by Crippen LogP contribution is 2.37. The maximum atomic E-state index is 14.0. The number of aryl methyl sites for hydroxylation is 2. The zero-order chi connectivity index (χ0) is 20.5. The smallest absolute Gasteiger partial charge is 0.126 e. The van der Waals surface area contributed by atoms with Gasteiger partial charge in [-0.05, 0) is 79.5 Å². The Kier molecular flexibility index (Phi) is 8.52. The largest absolute Gasteiger partial charge is 0.207 e. The molecule has 0 atom stereocenters. The third-order valence-corrected chi connectivity index (χ3v) is 6.54. The molecule has 0 heterocycles. The van der Waals surface area contributed by atoms with E-state index < -0.39 is 0 Å². The Balaban J connectivity index is 1.49. The van der Waals surface area contributed by atoms with E-state index in [1.54, 1.807) is 6.08 Å². The molecule has 0 amide bonds. The molecule has 1 saturated carbocycles. The van der Waals surface area contributed by atoms with E-state index in [-0.39, 0.29) is 5.83 Å². The van der Waals surface area contributed by atoms with Crippen LogP contribution in [-0.2, 0) is 12.8 Å². The standard InChI is InChI=1S/C28H37F/c1-3-5-7-28(29)27-20-14-24(15-21-27)9-8-23-12-18-26(19-13-23)25-16-10-22(6-4-2)11-17-25/h7,12-15,18-22,25H,3-6,8-11,16-17H2,1-2H3. The number of unbranched alkanes of at least 4 members (excludes halogenated alkanes) is 1. The lowest BCUT2D eigenvalue weighted by molar-refractivity contribution is 0.308. The van der Waals surface area contributed by atoms with E-state index >= 15 is 0 Å². The lowest BCUT2D eigenvalue weighted by atomic mass is 9.77. The Labute approximate surface area is 177 Å².